The normalized spacial score (nSPS) is 11.1. The van der Waals surface area contributed by atoms with Crippen LogP contribution in [0, 0.1) is 0 Å². The number of hydrogen-bond donors (Lipinski definition) is 3. The SMILES string of the molecule is CC(C)c1ccc(NC(=S)NNC(=O)CCS(=O)(=O)c2ccccc2)cc1. The molecular formula is C19H23N3O3S2. The first-order chi connectivity index (χ1) is 12.8. The van der Waals surface area contributed by atoms with Crippen molar-refractivity contribution in [3.63, 3.8) is 0 Å². The number of sulfone groups is 1. The molecule has 0 aliphatic carbocycles. The van der Waals surface area contributed by atoms with Crippen molar-refractivity contribution in [1.82, 2.24) is 10.9 Å². The third kappa shape index (κ3) is 6.65. The predicted molar refractivity (Wildman–Crippen MR) is 111 cm³/mol. The van der Waals surface area contributed by atoms with Gasteiger partial charge in [-0.25, -0.2) is 8.42 Å². The van der Waals surface area contributed by atoms with E-state index in [-0.39, 0.29) is 22.2 Å². The third-order valence-corrected chi connectivity index (χ3v) is 5.79. The molecule has 0 unspecified atom stereocenters. The number of carbonyl (C=O) groups is 1. The average Bonchev–Trinajstić information content (AvgIpc) is 2.66. The monoisotopic (exact) mass is 405 g/mol. The minimum absolute atomic E-state index is 0.171. The molecule has 8 heteroatoms. The Morgan fingerprint density at radius 1 is 1.00 bits per heavy atom. The van der Waals surface area contributed by atoms with Crippen molar-refractivity contribution >= 4 is 38.8 Å². The van der Waals surface area contributed by atoms with E-state index in [1.807, 2.05) is 24.3 Å². The van der Waals surface area contributed by atoms with Crippen molar-refractivity contribution in [1.29, 1.82) is 0 Å². The zero-order valence-corrected chi connectivity index (χ0v) is 16.9. The van der Waals surface area contributed by atoms with E-state index in [1.54, 1.807) is 18.2 Å². The number of thiocarbonyl (C=S) groups is 1. The van der Waals surface area contributed by atoms with Gasteiger partial charge in [0.05, 0.1) is 10.6 Å². The largest absolute Gasteiger partial charge is 0.331 e. The lowest BCUT2D eigenvalue weighted by Gasteiger charge is -2.12. The van der Waals surface area contributed by atoms with Crippen LogP contribution in [0.25, 0.3) is 0 Å². The maximum Gasteiger partial charge on any atom is 0.239 e. The van der Waals surface area contributed by atoms with E-state index in [1.165, 1.54) is 17.7 Å². The summed E-state index contributed by atoms with van der Waals surface area (Å²) in [6, 6.07) is 15.9. The van der Waals surface area contributed by atoms with E-state index in [0.717, 1.165) is 5.69 Å². The van der Waals surface area contributed by atoms with Crippen molar-refractivity contribution in [2.75, 3.05) is 11.1 Å². The molecule has 0 saturated carbocycles. The Hall–Kier alpha value is -2.45. The summed E-state index contributed by atoms with van der Waals surface area (Å²) < 4.78 is 24.3. The van der Waals surface area contributed by atoms with Gasteiger partial charge >= 0.3 is 0 Å². The molecule has 0 aliphatic rings. The van der Waals surface area contributed by atoms with E-state index in [4.69, 9.17) is 12.2 Å². The first kappa shape index (κ1) is 20.9. The van der Waals surface area contributed by atoms with Gasteiger partial charge in [-0.15, -0.1) is 0 Å². The summed E-state index contributed by atoms with van der Waals surface area (Å²) in [5.41, 5.74) is 6.97. The predicted octanol–water partition coefficient (Wildman–Crippen LogP) is 2.99. The Labute approximate surface area is 165 Å². The summed E-state index contributed by atoms with van der Waals surface area (Å²) in [5.74, 6) is -0.300. The number of nitrogens with one attached hydrogen (secondary N) is 3. The Morgan fingerprint density at radius 2 is 1.63 bits per heavy atom. The maximum absolute atomic E-state index is 12.2. The van der Waals surface area contributed by atoms with Gasteiger partial charge in [0.1, 0.15) is 0 Å². The Morgan fingerprint density at radius 3 is 2.22 bits per heavy atom. The quantitative estimate of drug-likeness (QED) is 0.506. The Balaban J connectivity index is 1.77. The van der Waals surface area contributed by atoms with E-state index >= 15 is 0 Å². The lowest BCUT2D eigenvalue weighted by Crippen LogP contribution is -2.44. The van der Waals surface area contributed by atoms with E-state index in [0.29, 0.717) is 5.92 Å². The van der Waals surface area contributed by atoms with Gasteiger partial charge in [0.2, 0.25) is 5.91 Å². The number of carbonyl (C=O) groups excluding carboxylic acids is 1. The fourth-order valence-electron chi connectivity index (χ4n) is 2.28. The molecule has 6 nitrogen and oxygen atoms in total. The highest BCUT2D eigenvalue weighted by molar-refractivity contribution is 7.91. The molecule has 2 aromatic rings. The van der Waals surface area contributed by atoms with Crippen LogP contribution in [0.5, 0.6) is 0 Å². The fraction of sp³-hybridized carbons (Fsp3) is 0.263. The first-order valence-electron chi connectivity index (χ1n) is 8.51. The van der Waals surface area contributed by atoms with Crippen molar-refractivity contribution in [3.8, 4) is 0 Å². The van der Waals surface area contributed by atoms with Crippen LogP contribution in [-0.2, 0) is 14.6 Å². The smallest absolute Gasteiger partial charge is 0.239 e. The molecule has 0 atom stereocenters. The summed E-state index contributed by atoms with van der Waals surface area (Å²) in [6.45, 7) is 4.23. The van der Waals surface area contributed by atoms with E-state index < -0.39 is 15.7 Å². The lowest BCUT2D eigenvalue weighted by molar-refractivity contribution is -0.121. The zero-order chi connectivity index (χ0) is 19.9. The summed E-state index contributed by atoms with van der Waals surface area (Å²) >= 11 is 5.12. The summed E-state index contributed by atoms with van der Waals surface area (Å²) in [4.78, 5) is 12.1. The van der Waals surface area contributed by atoms with Crippen molar-refractivity contribution < 1.29 is 13.2 Å². The van der Waals surface area contributed by atoms with Gasteiger partial charge in [0, 0.05) is 12.1 Å². The fourth-order valence-corrected chi connectivity index (χ4v) is 3.71. The van der Waals surface area contributed by atoms with Crippen molar-refractivity contribution in [2.45, 2.75) is 31.1 Å². The van der Waals surface area contributed by atoms with E-state index in [9.17, 15) is 13.2 Å². The van der Waals surface area contributed by atoms with Crippen LogP contribution >= 0.6 is 12.2 Å². The highest BCUT2D eigenvalue weighted by Crippen LogP contribution is 2.17. The van der Waals surface area contributed by atoms with Crippen LogP contribution < -0.4 is 16.2 Å². The molecule has 3 N–H and O–H groups in total. The summed E-state index contributed by atoms with van der Waals surface area (Å²) in [6.07, 6.45) is -0.171. The number of rotatable bonds is 6. The number of hydrogen-bond acceptors (Lipinski definition) is 4. The Kier molecular flexibility index (Phi) is 7.32. The first-order valence-corrected chi connectivity index (χ1v) is 10.6. The molecule has 0 radical (unpaired) electrons. The number of hydrazine groups is 1. The highest BCUT2D eigenvalue weighted by Gasteiger charge is 2.16. The number of amides is 1. The Bertz CT molecular complexity index is 880. The van der Waals surface area contributed by atoms with Gasteiger partial charge in [-0.1, -0.05) is 44.2 Å². The highest BCUT2D eigenvalue weighted by atomic mass is 32.2. The van der Waals surface area contributed by atoms with Crippen LogP contribution in [0.2, 0.25) is 0 Å². The van der Waals surface area contributed by atoms with Gasteiger partial charge in [-0.05, 0) is 48.0 Å². The molecule has 0 saturated heterocycles. The molecule has 0 bridgehead atoms. The standard InChI is InChI=1S/C19H23N3O3S2/c1-14(2)15-8-10-16(11-9-15)20-19(26)22-21-18(23)12-13-27(24,25)17-6-4-3-5-7-17/h3-11,14H,12-13H2,1-2H3,(H,21,23)(H2,20,22,26). The minimum atomic E-state index is -3.49. The zero-order valence-electron chi connectivity index (χ0n) is 15.2. The topological polar surface area (TPSA) is 87.3 Å². The van der Waals surface area contributed by atoms with Gasteiger partial charge in [-0.3, -0.25) is 15.6 Å². The van der Waals surface area contributed by atoms with Crippen LogP contribution in [0.3, 0.4) is 0 Å². The van der Waals surface area contributed by atoms with Crippen molar-refractivity contribution in [3.05, 3.63) is 60.2 Å². The molecule has 1 amide bonds. The summed E-state index contributed by atoms with van der Waals surface area (Å²) in [5, 5.41) is 3.16. The molecular weight excluding hydrogens is 382 g/mol. The van der Waals surface area contributed by atoms with Gasteiger partial charge < -0.3 is 5.32 Å². The van der Waals surface area contributed by atoms with E-state index in [2.05, 4.69) is 30.0 Å². The molecule has 0 heterocycles. The molecule has 0 aromatic heterocycles. The average molecular weight is 406 g/mol. The molecule has 2 aromatic carbocycles. The van der Waals surface area contributed by atoms with Crippen LogP contribution in [-0.4, -0.2) is 25.2 Å². The maximum atomic E-state index is 12.2. The van der Waals surface area contributed by atoms with Crippen LogP contribution in [0.1, 0.15) is 31.7 Å². The molecule has 2 rings (SSSR count). The minimum Gasteiger partial charge on any atom is -0.331 e. The van der Waals surface area contributed by atoms with Crippen molar-refractivity contribution in [2.24, 2.45) is 0 Å². The molecule has 0 fully saturated rings. The van der Waals surface area contributed by atoms with Gasteiger partial charge in [0.25, 0.3) is 0 Å². The van der Waals surface area contributed by atoms with Crippen LogP contribution in [0.4, 0.5) is 5.69 Å². The number of benzene rings is 2. The molecule has 27 heavy (non-hydrogen) atoms. The lowest BCUT2D eigenvalue weighted by atomic mass is 10.0. The molecule has 0 aliphatic heterocycles. The molecule has 144 valence electrons. The molecule has 0 spiro atoms. The van der Waals surface area contributed by atoms with Crippen LogP contribution in [0.15, 0.2) is 59.5 Å². The van der Waals surface area contributed by atoms with Gasteiger partial charge in [0.15, 0.2) is 14.9 Å². The summed E-state index contributed by atoms with van der Waals surface area (Å²) in [7, 11) is -3.49. The number of anilines is 1. The second-order valence-electron chi connectivity index (χ2n) is 6.29. The second kappa shape index (κ2) is 9.48. The third-order valence-electron chi connectivity index (χ3n) is 3.85. The second-order valence-corrected chi connectivity index (χ2v) is 8.80. The van der Waals surface area contributed by atoms with Gasteiger partial charge in [-0.2, -0.15) is 0 Å².